The van der Waals surface area contributed by atoms with E-state index in [-0.39, 0.29) is 0 Å². The molecule has 3 heterocycles. The third-order valence-electron chi connectivity index (χ3n) is 3.57. The van der Waals surface area contributed by atoms with Crippen LogP contribution in [-0.4, -0.2) is 31.2 Å². The predicted octanol–water partition coefficient (Wildman–Crippen LogP) is 1.02. The summed E-state index contributed by atoms with van der Waals surface area (Å²) in [6, 6.07) is 5.59. The Bertz CT molecular complexity index is 761. The fourth-order valence-corrected chi connectivity index (χ4v) is 2.53. The predicted molar refractivity (Wildman–Crippen MR) is 72.6 cm³/mol. The molecule has 2 N–H and O–H groups in total. The zero-order valence-electron chi connectivity index (χ0n) is 10.9. The number of nitrogens with two attached hydrogens (primary N) is 1. The maximum Gasteiger partial charge on any atom is 0.209 e. The van der Waals surface area contributed by atoms with Crippen LogP contribution in [0.1, 0.15) is 11.7 Å². The molecule has 0 spiro atoms. The Labute approximate surface area is 115 Å². The van der Waals surface area contributed by atoms with Gasteiger partial charge in [0.1, 0.15) is 17.7 Å². The normalized spacial score (nSPS) is 15.6. The highest BCUT2D eigenvalue weighted by atomic mass is 16.3. The number of fused-ring (bicyclic) bond motifs is 2. The molecule has 7 heteroatoms. The van der Waals surface area contributed by atoms with Gasteiger partial charge in [0.25, 0.3) is 0 Å². The van der Waals surface area contributed by atoms with Crippen LogP contribution in [0.5, 0.6) is 0 Å². The molecule has 2 aromatic heterocycles. The standard InChI is InChI=1S/C13H14N6O/c14-9-2-1-3-10-13(9)16-12(20-10)7-18-4-5-19-8-15-17-11(19)6-18/h1-3,8H,4-7,14H2. The SMILES string of the molecule is Nc1cccc2oc(CN3CCn4cnnc4C3)nc12. The molecule has 0 radical (unpaired) electrons. The molecule has 1 aliphatic rings. The molecule has 102 valence electrons. The molecule has 0 atom stereocenters. The van der Waals surface area contributed by atoms with Gasteiger partial charge in [0.2, 0.25) is 5.89 Å². The van der Waals surface area contributed by atoms with E-state index in [9.17, 15) is 0 Å². The Balaban J connectivity index is 1.58. The minimum absolute atomic E-state index is 0.649. The fourth-order valence-electron chi connectivity index (χ4n) is 2.53. The monoisotopic (exact) mass is 270 g/mol. The van der Waals surface area contributed by atoms with Gasteiger partial charge in [-0.2, -0.15) is 0 Å². The van der Waals surface area contributed by atoms with E-state index in [1.54, 1.807) is 6.33 Å². The van der Waals surface area contributed by atoms with Gasteiger partial charge in [0.05, 0.1) is 18.8 Å². The van der Waals surface area contributed by atoms with Crippen LogP contribution in [0.25, 0.3) is 11.1 Å². The number of nitrogens with zero attached hydrogens (tertiary/aromatic N) is 5. The summed E-state index contributed by atoms with van der Waals surface area (Å²) in [6.07, 6.45) is 1.77. The molecule has 1 aromatic carbocycles. The molecule has 7 nitrogen and oxygen atoms in total. The van der Waals surface area contributed by atoms with E-state index in [2.05, 4.69) is 24.6 Å². The van der Waals surface area contributed by atoms with Crippen molar-refractivity contribution >= 4 is 16.8 Å². The summed E-state index contributed by atoms with van der Waals surface area (Å²) in [4.78, 5) is 6.71. The number of oxazole rings is 1. The fraction of sp³-hybridized carbons (Fsp3) is 0.308. The lowest BCUT2D eigenvalue weighted by atomic mass is 10.3. The quantitative estimate of drug-likeness (QED) is 0.700. The highest BCUT2D eigenvalue weighted by Gasteiger charge is 2.19. The van der Waals surface area contributed by atoms with Crippen molar-refractivity contribution in [1.29, 1.82) is 0 Å². The summed E-state index contributed by atoms with van der Waals surface area (Å²) in [6.45, 7) is 3.24. The van der Waals surface area contributed by atoms with Crippen molar-refractivity contribution < 1.29 is 4.42 Å². The first-order chi connectivity index (χ1) is 9.79. The lowest BCUT2D eigenvalue weighted by Gasteiger charge is -2.25. The van der Waals surface area contributed by atoms with Gasteiger partial charge in [-0.25, -0.2) is 4.98 Å². The maximum atomic E-state index is 5.89. The Hall–Kier alpha value is -2.41. The molecule has 1 aliphatic heterocycles. The van der Waals surface area contributed by atoms with Crippen molar-refractivity contribution in [3.8, 4) is 0 Å². The molecule has 0 aliphatic carbocycles. The van der Waals surface area contributed by atoms with E-state index in [1.165, 1.54) is 0 Å². The van der Waals surface area contributed by atoms with E-state index < -0.39 is 0 Å². The van der Waals surface area contributed by atoms with Crippen LogP contribution in [0.2, 0.25) is 0 Å². The van der Waals surface area contributed by atoms with Gasteiger partial charge in [-0.15, -0.1) is 10.2 Å². The minimum Gasteiger partial charge on any atom is -0.439 e. The molecule has 0 unspecified atom stereocenters. The van der Waals surface area contributed by atoms with E-state index in [4.69, 9.17) is 10.2 Å². The topological polar surface area (TPSA) is 86.0 Å². The van der Waals surface area contributed by atoms with E-state index >= 15 is 0 Å². The number of anilines is 1. The number of benzene rings is 1. The zero-order valence-corrected chi connectivity index (χ0v) is 10.9. The average Bonchev–Trinajstić information content (AvgIpc) is 3.05. The second-order valence-electron chi connectivity index (χ2n) is 4.95. The Kier molecular flexibility index (Phi) is 2.46. The second kappa shape index (κ2) is 4.31. The summed E-state index contributed by atoms with van der Waals surface area (Å²) < 4.78 is 7.82. The number of hydrogen-bond donors (Lipinski definition) is 1. The first-order valence-corrected chi connectivity index (χ1v) is 6.52. The van der Waals surface area contributed by atoms with Gasteiger partial charge in [-0.3, -0.25) is 4.90 Å². The molecule has 0 bridgehead atoms. The molecule has 0 saturated carbocycles. The van der Waals surface area contributed by atoms with Crippen LogP contribution >= 0.6 is 0 Å². The van der Waals surface area contributed by atoms with Gasteiger partial charge < -0.3 is 14.7 Å². The van der Waals surface area contributed by atoms with Crippen LogP contribution in [0.4, 0.5) is 5.69 Å². The molecule has 4 rings (SSSR count). The van der Waals surface area contributed by atoms with E-state index in [1.807, 2.05) is 18.2 Å². The molecule has 0 amide bonds. The molecular formula is C13H14N6O. The minimum atomic E-state index is 0.649. The van der Waals surface area contributed by atoms with Crippen molar-refractivity contribution in [2.24, 2.45) is 0 Å². The Morgan fingerprint density at radius 2 is 2.25 bits per heavy atom. The summed E-state index contributed by atoms with van der Waals surface area (Å²) in [7, 11) is 0. The Morgan fingerprint density at radius 3 is 3.15 bits per heavy atom. The lowest BCUT2D eigenvalue weighted by molar-refractivity contribution is 0.192. The van der Waals surface area contributed by atoms with Crippen molar-refractivity contribution in [3.05, 3.63) is 36.2 Å². The van der Waals surface area contributed by atoms with Crippen LogP contribution in [0, 0.1) is 0 Å². The third kappa shape index (κ3) is 1.83. The average molecular weight is 270 g/mol. The molecule has 20 heavy (non-hydrogen) atoms. The van der Waals surface area contributed by atoms with Gasteiger partial charge in [-0.1, -0.05) is 6.07 Å². The number of para-hydroxylation sites is 1. The molecule has 3 aromatic rings. The molecule has 0 fully saturated rings. The summed E-state index contributed by atoms with van der Waals surface area (Å²) in [5.41, 5.74) is 8.02. The second-order valence-corrected chi connectivity index (χ2v) is 4.95. The van der Waals surface area contributed by atoms with Crippen molar-refractivity contribution in [1.82, 2.24) is 24.6 Å². The first-order valence-electron chi connectivity index (χ1n) is 6.52. The number of nitrogen functional groups attached to an aromatic ring is 1. The molecule has 0 saturated heterocycles. The van der Waals surface area contributed by atoms with E-state index in [0.717, 1.165) is 36.6 Å². The summed E-state index contributed by atoms with van der Waals surface area (Å²) >= 11 is 0. The van der Waals surface area contributed by atoms with Crippen LogP contribution in [0.3, 0.4) is 0 Å². The van der Waals surface area contributed by atoms with Gasteiger partial charge in [0, 0.05) is 13.1 Å². The van der Waals surface area contributed by atoms with E-state index in [0.29, 0.717) is 18.1 Å². The van der Waals surface area contributed by atoms with Crippen molar-refractivity contribution in [2.45, 2.75) is 19.6 Å². The number of rotatable bonds is 2. The van der Waals surface area contributed by atoms with Crippen LogP contribution in [-0.2, 0) is 19.6 Å². The zero-order chi connectivity index (χ0) is 13.5. The highest BCUT2D eigenvalue weighted by Crippen LogP contribution is 2.22. The first kappa shape index (κ1) is 11.4. The highest BCUT2D eigenvalue weighted by molar-refractivity contribution is 5.85. The summed E-state index contributed by atoms with van der Waals surface area (Å²) in [5.74, 6) is 1.66. The van der Waals surface area contributed by atoms with Crippen LogP contribution < -0.4 is 5.73 Å². The number of aromatic nitrogens is 4. The summed E-state index contributed by atoms with van der Waals surface area (Å²) in [5, 5.41) is 8.03. The number of hydrogen-bond acceptors (Lipinski definition) is 6. The maximum absolute atomic E-state index is 5.89. The van der Waals surface area contributed by atoms with Crippen LogP contribution in [0.15, 0.2) is 28.9 Å². The van der Waals surface area contributed by atoms with Crippen molar-refractivity contribution in [3.63, 3.8) is 0 Å². The van der Waals surface area contributed by atoms with Gasteiger partial charge in [-0.05, 0) is 12.1 Å². The Morgan fingerprint density at radius 1 is 1.30 bits per heavy atom. The largest absolute Gasteiger partial charge is 0.439 e. The van der Waals surface area contributed by atoms with Crippen molar-refractivity contribution in [2.75, 3.05) is 12.3 Å². The lowest BCUT2D eigenvalue weighted by Crippen LogP contribution is -2.33. The van der Waals surface area contributed by atoms with Gasteiger partial charge in [0.15, 0.2) is 5.58 Å². The molecular weight excluding hydrogens is 256 g/mol. The van der Waals surface area contributed by atoms with Gasteiger partial charge >= 0.3 is 0 Å². The smallest absolute Gasteiger partial charge is 0.209 e. The third-order valence-corrected chi connectivity index (χ3v) is 3.57.